The number of alkyl halides is 1. The SMILES string of the molecule is NC(CCl)=[NH+]S(=O)(=O)c1ccc(F)cc1F. The summed E-state index contributed by atoms with van der Waals surface area (Å²) in [5.74, 6) is -2.56. The molecule has 16 heavy (non-hydrogen) atoms. The Kier molecular flexibility index (Phi) is 3.82. The van der Waals surface area contributed by atoms with Gasteiger partial charge in [-0.05, 0) is 12.1 Å². The zero-order valence-electron chi connectivity index (χ0n) is 7.88. The van der Waals surface area contributed by atoms with Crippen molar-refractivity contribution in [2.45, 2.75) is 4.90 Å². The number of amidine groups is 1. The van der Waals surface area contributed by atoms with E-state index in [1.807, 2.05) is 4.40 Å². The first-order valence-electron chi connectivity index (χ1n) is 4.02. The molecule has 0 aromatic heterocycles. The molecule has 4 nitrogen and oxygen atoms in total. The van der Waals surface area contributed by atoms with Crippen LogP contribution in [0.3, 0.4) is 0 Å². The fraction of sp³-hybridized carbons (Fsp3) is 0.125. The molecule has 0 saturated carbocycles. The van der Waals surface area contributed by atoms with Gasteiger partial charge in [0.25, 0.3) is 5.84 Å². The number of nitrogens with one attached hydrogen (secondary N) is 1. The Morgan fingerprint density at radius 1 is 1.44 bits per heavy atom. The number of benzene rings is 1. The maximum absolute atomic E-state index is 13.2. The van der Waals surface area contributed by atoms with E-state index in [9.17, 15) is 17.2 Å². The number of nitrogens with two attached hydrogens (primary N) is 1. The minimum Gasteiger partial charge on any atom is -0.289 e. The van der Waals surface area contributed by atoms with E-state index < -0.39 is 26.6 Å². The Morgan fingerprint density at radius 3 is 2.56 bits per heavy atom. The van der Waals surface area contributed by atoms with E-state index in [2.05, 4.69) is 0 Å². The lowest BCUT2D eigenvalue weighted by Crippen LogP contribution is -2.79. The fourth-order valence-electron chi connectivity index (χ4n) is 0.948. The molecule has 0 fully saturated rings. The van der Waals surface area contributed by atoms with Crippen molar-refractivity contribution in [1.29, 1.82) is 0 Å². The predicted octanol–water partition coefficient (Wildman–Crippen LogP) is -0.670. The van der Waals surface area contributed by atoms with E-state index in [0.717, 1.165) is 12.1 Å². The van der Waals surface area contributed by atoms with E-state index in [1.54, 1.807) is 0 Å². The largest absolute Gasteiger partial charge is 0.331 e. The van der Waals surface area contributed by atoms with Gasteiger partial charge < -0.3 is 0 Å². The van der Waals surface area contributed by atoms with Crippen LogP contribution in [0.5, 0.6) is 0 Å². The molecule has 8 heteroatoms. The van der Waals surface area contributed by atoms with Crippen molar-refractivity contribution < 1.29 is 21.6 Å². The van der Waals surface area contributed by atoms with Crippen molar-refractivity contribution in [3.8, 4) is 0 Å². The molecule has 0 amide bonds. The van der Waals surface area contributed by atoms with Crippen molar-refractivity contribution in [1.82, 2.24) is 0 Å². The van der Waals surface area contributed by atoms with Crippen LogP contribution in [-0.4, -0.2) is 20.1 Å². The summed E-state index contributed by atoms with van der Waals surface area (Å²) >= 11 is 5.27. The summed E-state index contributed by atoms with van der Waals surface area (Å²) in [7, 11) is -4.16. The topological polar surface area (TPSA) is 74.1 Å². The van der Waals surface area contributed by atoms with Gasteiger partial charge >= 0.3 is 10.0 Å². The van der Waals surface area contributed by atoms with Crippen molar-refractivity contribution >= 4 is 27.5 Å². The Morgan fingerprint density at radius 2 is 2.06 bits per heavy atom. The molecule has 1 aromatic rings. The zero-order chi connectivity index (χ0) is 12.3. The molecule has 1 aromatic carbocycles. The molecule has 0 heterocycles. The first kappa shape index (κ1) is 12.9. The average Bonchev–Trinajstić information content (AvgIpc) is 2.16. The van der Waals surface area contributed by atoms with Gasteiger partial charge in [-0.1, -0.05) is 0 Å². The average molecular weight is 270 g/mol. The molecular weight excluding hydrogens is 262 g/mol. The molecule has 0 bridgehead atoms. The number of halogens is 3. The lowest BCUT2D eigenvalue weighted by molar-refractivity contribution is -0.269. The van der Waals surface area contributed by atoms with Crippen LogP contribution in [0.25, 0.3) is 0 Å². The van der Waals surface area contributed by atoms with E-state index in [0.29, 0.717) is 6.07 Å². The third kappa shape index (κ3) is 2.89. The second-order valence-corrected chi connectivity index (χ2v) is 4.76. The second kappa shape index (κ2) is 4.75. The molecule has 0 atom stereocenters. The number of sulfonamides is 1. The maximum atomic E-state index is 13.2. The zero-order valence-corrected chi connectivity index (χ0v) is 9.45. The predicted molar refractivity (Wildman–Crippen MR) is 54.4 cm³/mol. The standard InChI is InChI=1S/C8H7ClF2N2O2S/c9-4-8(12)13-16(14,15)7-2-1-5(10)3-6(7)11/h1-3H,4H2,(H2,12,13)/p+1. The highest BCUT2D eigenvalue weighted by atomic mass is 35.5. The van der Waals surface area contributed by atoms with Crippen LogP contribution >= 0.6 is 11.6 Å². The first-order chi connectivity index (χ1) is 7.36. The summed E-state index contributed by atoms with van der Waals surface area (Å²) in [6, 6.07) is 2.09. The van der Waals surface area contributed by atoms with E-state index in [4.69, 9.17) is 17.3 Å². The van der Waals surface area contributed by atoms with Crippen LogP contribution in [0, 0.1) is 11.6 Å². The lowest BCUT2D eigenvalue weighted by Gasteiger charge is -1.99. The van der Waals surface area contributed by atoms with Crippen LogP contribution in [0.2, 0.25) is 0 Å². The molecule has 0 radical (unpaired) electrons. The highest BCUT2D eigenvalue weighted by molar-refractivity contribution is 7.84. The molecule has 0 unspecified atom stereocenters. The summed E-state index contributed by atoms with van der Waals surface area (Å²) in [4.78, 5) is -0.693. The molecule has 0 aliphatic heterocycles. The van der Waals surface area contributed by atoms with Crippen LogP contribution < -0.4 is 10.1 Å². The number of hydrogen-bond acceptors (Lipinski definition) is 2. The quantitative estimate of drug-likeness (QED) is 0.434. The van der Waals surface area contributed by atoms with Gasteiger partial charge in [-0.3, -0.25) is 5.73 Å². The van der Waals surface area contributed by atoms with Crippen LogP contribution in [0.4, 0.5) is 8.78 Å². The van der Waals surface area contributed by atoms with Crippen molar-refractivity contribution in [3.05, 3.63) is 29.8 Å². The third-order valence-corrected chi connectivity index (χ3v) is 3.32. The highest BCUT2D eigenvalue weighted by Gasteiger charge is 2.21. The van der Waals surface area contributed by atoms with E-state index >= 15 is 0 Å². The minimum absolute atomic E-state index is 0.245. The normalized spacial score (nSPS) is 12.8. The van der Waals surface area contributed by atoms with Crippen LogP contribution in [-0.2, 0) is 10.0 Å². The summed E-state index contributed by atoms with van der Waals surface area (Å²) in [6.07, 6.45) is 0. The summed E-state index contributed by atoms with van der Waals surface area (Å²) < 4.78 is 50.6. The van der Waals surface area contributed by atoms with Gasteiger partial charge in [-0.15, -0.1) is 11.6 Å². The van der Waals surface area contributed by atoms with Crippen molar-refractivity contribution in [2.75, 3.05) is 5.88 Å². The summed E-state index contributed by atoms with van der Waals surface area (Å²) in [5.41, 5.74) is 5.17. The van der Waals surface area contributed by atoms with Gasteiger partial charge in [0.05, 0.1) is 0 Å². The number of rotatable bonds is 3. The molecule has 88 valence electrons. The van der Waals surface area contributed by atoms with Crippen LogP contribution in [0.1, 0.15) is 0 Å². The number of hydrogen-bond donors (Lipinski definition) is 2. The Bertz CT molecular complexity index is 531. The van der Waals surface area contributed by atoms with Gasteiger partial charge in [-0.25, -0.2) is 8.78 Å². The second-order valence-electron chi connectivity index (χ2n) is 2.84. The molecule has 0 saturated heterocycles. The molecule has 3 N–H and O–H groups in total. The Balaban J connectivity index is 3.28. The maximum Gasteiger partial charge on any atom is 0.331 e. The minimum atomic E-state index is -4.16. The summed E-state index contributed by atoms with van der Waals surface area (Å²) in [6.45, 7) is 0. The Hall–Kier alpha value is -1.21. The Labute approximate surface area is 95.8 Å². The van der Waals surface area contributed by atoms with Gasteiger partial charge in [0.2, 0.25) is 0 Å². The third-order valence-electron chi connectivity index (χ3n) is 1.59. The van der Waals surface area contributed by atoms with Gasteiger partial charge in [-0.2, -0.15) is 12.8 Å². The van der Waals surface area contributed by atoms with Gasteiger partial charge in [0.15, 0.2) is 0 Å². The molecule has 0 aliphatic carbocycles. The monoisotopic (exact) mass is 269 g/mol. The van der Waals surface area contributed by atoms with Crippen molar-refractivity contribution in [2.24, 2.45) is 5.73 Å². The van der Waals surface area contributed by atoms with Gasteiger partial charge in [0, 0.05) is 6.07 Å². The van der Waals surface area contributed by atoms with E-state index in [1.165, 1.54) is 0 Å². The van der Waals surface area contributed by atoms with Gasteiger partial charge in [0.1, 0.15) is 22.4 Å². The highest BCUT2D eigenvalue weighted by Crippen LogP contribution is 2.12. The van der Waals surface area contributed by atoms with E-state index in [-0.39, 0.29) is 11.7 Å². The fourth-order valence-corrected chi connectivity index (χ4v) is 2.18. The van der Waals surface area contributed by atoms with Crippen molar-refractivity contribution in [3.63, 3.8) is 0 Å². The molecule has 0 aliphatic rings. The lowest BCUT2D eigenvalue weighted by atomic mass is 10.3. The molecule has 0 spiro atoms. The van der Waals surface area contributed by atoms with Crippen LogP contribution in [0.15, 0.2) is 23.1 Å². The molecular formula is C8H8ClF2N2O2S+. The molecule has 1 rings (SSSR count). The first-order valence-corrected chi connectivity index (χ1v) is 6.03. The summed E-state index contributed by atoms with van der Waals surface area (Å²) in [5, 5.41) is 0. The smallest absolute Gasteiger partial charge is 0.289 e.